The highest BCUT2D eigenvalue weighted by atomic mass is 16.1. The fourth-order valence-electron chi connectivity index (χ4n) is 4.62. The standard InChI is InChI=1S/C22H20N2O/c1-3-15-12-16-13-20-19(10-11-21(25)24(20)23)22(14-15,18(16)4-2)17-8-6-5-7-9-17/h1,4-12,16H,13-14,23H2,2H3/b18-4+/t16-,22+/m0/s1. The van der Waals surface area contributed by atoms with Gasteiger partial charge in [0.05, 0.1) is 0 Å². The molecule has 3 heteroatoms. The third-order valence-electron chi connectivity index (χ3n) is 5.62. The fraction of sp³-hybridized carbons (Fsp3) is 0.227. The second-order valence-corrected chi connectivity index (χ2v) is 6.74. The number of nitrogen functional groups attached to an aromatic ring is 1. The van der Waals surface area contributed by atoms with E-state index in [2.05, 4.69) is 37.1 Å². The summed E-state index contributed by atoms with van der Waals surface area (Å²) in [6.07, 6.45) is 11.6. The van der Waals surface area contributed by atoms with Crippen molar-refractivity contribution in [2.24, 2.45) is 5.92 Å². The Morgan fingerprint density at radius 1 is 1.28 bits per heavy atom. The molecule has 3 nitrogen and oxygen atoms in total. The van der Waals surface area contributed by atoms with Crippen molar-refractivity contribution in [3.8, 4) is 12.3 Å². The first kappa shape index (κ1) is 15.5. The van der Waals surface area contributed by atoms with Crippen LogP contribution in [0.25, 0.3) is 0 Å². The van der Waals surface area contributed by atoms with Gasteiger partial charge in [0.1, 0.15) is 0 Å². The van der Waals surface area contributed by atoms with Gasteiger partial charge in [-0.2, -0.15) is 0 Å². The number of nitrogens with zero attached hydrogens (tertiary/aromatic N) is 1. The van der Waals surface area contributed by atoms with Gasteiger partial charge in [-0.1, -0.05) is 60.0 Å². The molecule has 0 saturated heterocycles. The molecule has 0 saturated carbocycles. The lowest BCUT2D eigenvalue weighted by Gasteiger charge is -2.48. The predicted molar refractivity (Wildman–Crippen MR) is 101 cm³/mol. The van der Waals surface area contributed by atoms with Crippen LogP contribution >= 0.6 is 0 Å². The highest BCUT2D eigenvalue weighted by molar-refractivity contribution is 5.60. The molecule has 2 aromatic rings. The molecule has 0 fully saturated rings. The Morgan fingerprint density at radius 3 is 2.72 bits per heavy atom. The molecule has 1 heterocycles. The molecule has 1 aromatic carbocycles. The highest BCUT2D eigenvalue weighted by Crippen LogP contribution is 2.54. The van der Waals surface area contributed by atoms with Gasteiger partial charge in [0.25, 0.3) is 5.56 Å². The summed E-state index contributed by atoms with van der Waals surface area (Å²) in [5.41, 5.74) is 4.99. The molecule has 2 atom stereocenters. The van der Waals surface area contributed by atoms with Gasteiger partial charge in [0, 0.05) is 29.5 Å². The van der Waals surface area contributed by atoms with Crippen LogP contribution < -0.4 is 11.4 Å². The van der Waals surface area contributed by atoms with E-state index in [0.29, 0.717) is 6.42 Å². The van der Waals surface area contributed by atoms with E-state index < -0.39 is 0 Å². The number of pyridine rings is 1. The van der Waals surface area contributed by atoms with Gasteiger partial charge >= 0.3 is 0 Å². The second-order valence-electron chi connectivity index (χ2n) is 6.74. The van der Waals surface area contributed by atoms with E-state index >= 15 is 0 Å². The molecule has 0 unspecified atom stereocenters. The Hall–Kier alpha value is -2.99. The third kappa shape index (κ3) is 2.04. The van der Waals surface area contributed by atoms with Gasteiger partial charge in [-0.25, -0.2) is 4.68 Å². The van der Waals surface area contributed by atoms with Crippen LogP contribution in [0.3, 0.4) is 0 Å². The molecular weight excluding hydrogens is 308 g/mol. The molecule has 2 aliphatic rings. The van der Waals surface area contributed by atoms with Crippen molar-refractivity contribution in [2.75, 3.05) is 5.84 Å². The quantitative estimate of drug-likeness (QED) is 0.497. The average molecular weight is 328 g/mol. The number of allylic oxidation sites excluding steroid dienone is 4. The molecular formula is C22H20N2O. The van der Waals surface area contributed by atoms with Gasteiger partial charge in [-0.3, -0.25) is 4.79 Å². The van der Waals surface area contributed by atoms with Gasteiger partial charge < -0.3 is 5.84 Å². The topological polar surface area (TPSA) is 48.0 Å². The van der Waals surface area contributed by atoms with Gasteiger partial charge in [0.15, 0.2) is 0 Å². The van der Waals surface area contributed by atoms with Crippen LogP contribution in [0.5, 0.6) is 0 Å². The van der Waals surface area contributed by atoms with E-state index in [-0.39, 0.29) is 16.9 Å². The summed E-state index contributed by atoms with van der Waals surface area (Å²) >= 11 is 0. The minimum Gasteiger partial charge on any atom is -0.336 e. The Balaban J connectivity index is 2.13. The van der Waals surface area contributed by atoms with E-state index in [1.54, 1.807) is 6.07 Å². The molecule has 1 aromatic heterocycles. The van der Waals surface area contributed by atoms with Gasteiger partial charge in [-0.05, 0) is 30.0 Å². The number of rotatable bonds is 1. The summed E-state index contributed by atoms with van der Waals surface area (Å²) in [6.45, 7) is 2.08. The molecule has 2 aliphatic carbocycles. The van der Waals surface area contributed by atoms with Crippen molar-refractivity contribution in [1.82, 2.24) is 4.68 Å². The van der Waals surface area contributed by atoms with E-state index in [1.165, 1.54) is 15.8 Å². The first-order valence-corrected chi connectivity index (χ1v) is 8.52. The van der Waals surface area contributed by atoms with Crippen LogP contribution in [0, 0.1) is 18.3 Å². The number of benzene rings is 1. The van der Waals surface area contributed by atoms with Gasteiger partial charge in [-0.15, -0.1) is 6.42 Å². The van der Waals surface area contributed by atoms with Crippen molar-refractivity contribution in [3.63, 3.8) is 0 Å². The van der Waals surface area contributed by atoms with Crippen LogP contribution in [-0.4, -0.2) is 4.68 Å². The molecule has 2 N–H and O–H groups in total. The largest absolute Gasteiger partial charge is 0.336 e. The lowest BCUT2D eigenvalue weighted by atomic mass is 9.55. The van der Waals surface area contributed by atoms with Crippen molar-refractivity contribution >= 4 is 0 Å². The number of fused-ring (bicyclic) bond motifs is 4. The van der Waals surface area contributed by atoms with Crippen LogP contribution in [-0.2, 0) is 11.8 Å². The minimum absolute atomic E-state index is 0.161. The molecule has 2 bridgehead atoms. The predicted octanol–water partition coefficient (Wildman–Crippen LogP) is 2.93. The molecule has 0 spiro atoms. The zero-order chi connectivity index (χ0) is 17.6. The summed E-state index contributed by atoms with van der Waals surface area (Å²) in [4.78, 5) is 12.1. The summed E-state index contributed by atoms with van der Waals surface area (Å²) in [5, 5.41) is 0. The van der Waals surface area contributed by atoms with E-state index in [1.807, 2.05) is 24.3 Å². The fourth-order valence-corrected chi connectivity index (χ4v) is 4.62. The average Bonchev–Trinajstić information content (AvgIpc) is 2.64. The van der Waals surface area contributed by atoms with Crippen LogP contribution in [0.2, 0.25) is 0 Å². The number of aromatic nitrogens is 1. The maximum absolute atomic E-state index is 12.1. The molecule has 0 aliphatic heterocycles. The Bertz CT molecular complexity index is 1000. The normalized spacial score (nSPS) is 25.8. The van der Waals surface area contributed by atoms with Crippen LogP contribution in [0.15, 0.2) is 70.6 Å². The maximum Gasteiger partial charge on any atom is 0.268 e. The Labute approximate surface area is 147 Å². The number of nitrogens with two attached hydrogens (primary N) is 1. The summed E-state index contributed by atoms with van der Waals surface area (Å²) < 4.78 is 1.31. The Kier molecular flexibility index (Phi) is 3.43. The van der Waals surface area contributed by atoms with Crippen LogP contribution in [0.1, 0.15) is 30.2 Å². The summed E-state index contributed by atoms with van der Waals surface area (Å²) in [5.74, 6) is 9.15. The number of hydrogen-bond acceptors (Lipinski definition) is 2. The number of terminal acetylenes is 1. The molecule has 0 amide bonds. The summed E-state index contributed by atoms with van der Waals surface area (Å²) in [7, 11) is 0. The molecule has 25 heavy (non-hydrogen) atoms. The Morgan fingerprint density at radius 2 is 2.04 bits per heavy atom. The highest BCUT2D eigenvalue weighted by Gasteiger charge is 2.48. The molecule has 0 radical (unpaired) electrons. The molecule has 124 valence electrons. The van der Waals surface area contributed by atoms with Crippen LogP contribution in [0.4, 0.5) is 0 Å². The monoisotopic (exact) mass is 328 g/mol. The zero-order valence-electron chi connectivity index (χ0n) is 14.2. The third-order valence-corrected chi connectivity index (χ3v) is 5.62. The van der Waals surface area contributed by atoms with Crippen molar-refractivity contribution < 1.29 is 0 Å². The van der Waals surface area contributed by atoms with Crippen molar-refractivity contribution in [2.45, 2.75) is 25.2 Å². The lowest BCUT2D eigenvalue weighted by molar-refractivity contribution is 0.454. The van der Waals surface area contributed by atoms with E-state index in [9.17, 15) is 4.79 Å². The van der Waals surface area contributed by atoms with Crippen molar-refractivity contribution in [1.29, 1.82) is 0 Å². The SMILES string of the molecule is C#CC1=C[C@H]2Cc3c(ccc(=O)n3N)[C@@](c3ccccc3)(C1)/C2=C/C. The lowest BCUT2D eigenvalue weighted by Crippen LogP contribution is -2.45. The summed E-state index contributed by atoms with van der Waals surface area (Å²) in [6, 6.07) is 13.9. The second kappa shape index (κ2) is 5.53. The smallest absolute Gasteiger partial charge is 0.268 e. The number of hydrogen-bond donors (Lipinski definition) is 1. The first-order chi connectivity index (χ1) is 12.1. The maximum atomic E-state index is 12.1. The van der Waals surface area contributed by atoms with E-state index in [4.69, 9.17) is 12.3 Å². The van der Waals surface area contributed by atoms with Gasteiger partial charge in [0.2, 0.25) is 0 Å². The minimum atomic E-state index is -0.362. The molecule has 4 rings (SSSR count). The van der Waals surface area contributed by atoms with Crippen molar-refractivity contribution in [3.05, 3.63) is 92.9 Å². The first-order valence-electron chi connectivity index (χ1n) is 8.52. The van der Waals surface area contributed by atoms with E-state index in [0.717, 1.165) is 23.3 Å². The zero-order valence-corrected chi connectivity index (χ0v) is 14.2.